The normalized spacial score (nSPS) is 20.3. The minimum Gasteiger partial charge on any atom is -0.479 e. The van der Waals surface area contributed by atoms with E-state index in [1.165, 1.54) is 18.2 Å². The van der Waals surface area contributed by atoms with Crippen molar-refractivity contribution in [1.29, 1.82) is 0 Å². The molecule has 0 saturated carbocycles. The highest BCUT2D eigenvalue weighted by molar-refractivity contribution is 5.97. The Morgan fingerprint density at radius 3 is 2.56 bits per heavy atom. The summed E-state index contributed by atoms with van der Waals surface area (Å²) in [5.74, 6) is -1.77. The average molecular weight is 513 g/mol. The van der Waals surface area contributed by atoms with Gasteiger partial charge in [-0.05, 0) is 58.5 Å². The number of aliphatic hydroxyl groups is 1. The van der Waals surface area contributed by atoms with Crippen LogP contribution in [0.15, 0.2) is 23.2 Å². The monoisotopic (exact) mass is 512 g/mol. The second-order valence-corrected chi connectivity index (χ2v) is 9.53. The lowest BCUT2D eigenvalue weighted by Gasteiger charge is -2.32. The molecule has 1 heterocycles. The third-order valence-electron chi connectivity index (χ3n) is 5.46. The fourth-order valence-electron chi connectivity index (χ4n) is 3.36. The topological polar surface area (TPSA) is 153 Å². The smallest absolute Gasteiger partial charge is 0.479 e. The number of aliphatic carboxylic acids is 1. The highest BCUT2D eigenvalue weighted by Gasteiger charge is 2.35. The van der Waals surface area contributed by atoms with Gasteiger partial charge in [0.05, 0.1) is 18.3 Å². The Morgan fingerprint density at radius 1 is 1.25 bits per heavy atom. The molecule has 12 heteroatoms. The molecule has 0 aliphatic carbocycles. The minimum absolute atomic E-state index is 0.0119. The summed E-state index contributed by atoms with van der Waals surface area (Å²) in [5.41, 5.74) is -1.19. The van der Waals surface area contributed by atoms with Gasteiger partial charge in [0.1, 0.15) is 12.4 Å². The number of halogens is 1. The maximum atomic E-state index is 13.2. The zero-order valence-electron chi connectivity index (χ0n) is 20.8. The van der Waals surface area contributed by atoms with Crippen molar-refractivity contribution < 1.29 is 47.9 Å². The molecule has 3 atom stereocenters. The standard InChI is InChI=1S/C24H33FN2O9/c1-23(2,8-9-34-24(3,4)26-5)27-20(29)16-10-14(13-33-22(25)32)6-7-17(16)35-19-12-15(28)11-18(36-19)21(30)31/h6-7,10,15,18-19,28H,5,8-9,11-13H2,1-4H3,(H,27,29)(H,30,31). The van der Waals surface area contributed by atoms with Gasteiger partial charge in [-0.3, -0.25) is 9.79 Å². The Kier molecular flexibility index (Phi) is 9.91. The summed E-state index contributed by atoms with van der Waals surface area (Å²) < 4.78 is 33.7. The van der Waals surface area contributed by atoms with Gasteiger partial charge in [0.15, 0.2) is 11.8 Å². The van der Waals surface area contributed by atoms with Crippen LogP contribution in [0.5, 0.6) is 5.75 Å². The molecule has 1 saturated heterocycles. The molecule has 1 amide bonds. The second kappa shape index (κ2) is 12.2. The third kappa shape index (κ3) is 9.17. The van der Waals surface area contributed by atoms with Crippen molar-refractivity contribution in [1.82, 2.24) is 5.32 Å². The number of aliphatic imine (C=N–C) groups is 1. The van der Waals surface area contributed by atoms with Crippen molar-refractivity contribution in [2.24, 2.45) is 4.99 Å². The number of nitrogens with one attached hydrogen (secondary N) is 1. The summed E-state index contributed by atoms with van der Waals surface area (Å²) in [5, 5.41) is 22.1. The molecule has 1 aliphatic heterocycles. The molecule has 1 aromatic carbocycles. The lowest BCUT2D eigenvalue weighted by Crippen LogP contribution is -2.45. The SMILES string of the molecule is C=NC(C)(C)OCCC(C)(C)NC(=O)c1cc(COC(=O)F)ccc1OC1CC(O)CC(C(=O)O)O1. The molecular formula is C24H33FN2O9. The van der Waals surface area contributed by atoms with Gasteiger partial charge in [0.25, 0.3) is 5.91 Å². The molecule has 0 bridgehead atoms. The summed E-state index contributed by atoms with van der Waals surface area (Å²) in [7, 11) is 0. The molecule has 0 spiro atoms. The van der Waals surface area contributed by atoms with E-state index < -0.39 is 54.5 Å². The van der Waals surface area contributed by atoms with Gasteiger partial charge in [-0.15, -0.1) is 4.39 Å². The number of ether oxygens (including phenoxy) is 4. The lowest BCUT2D eigenvalue weighted by atomic mass is 9.99. The predicted octanol–water partition coefficient (Wildman–Crippen LogP) is 2.97. The molecule has 1 aliphatic rings. The van der Waals surface area contributed by atoms with Crippen LogP contribution >= 0.6 is 0 Å². The maximum Gasteiger partial charge on any atom is 0.495 e. The molecule has 11 nitrogen and oxygen atoms in total. The number of hydrogen-bond acceptors (Lipinski definition) is 9. The van der Waals surface area contributed by atoms with E-state index in [0.717, 1.165) is 0 Å². The molecule has 3 N–H and O–H groups in total. The van der Waals surface area contributed by atoms with E-state index >= 15 is 0 Å². The van der Waals surface area contributed by atoms with E-state index in [0.29, 0.717) is 12.0 Å². The van der Waals surface area contributed by atoms with Crippen molar-refractivity contribution in [3.05, 3.63) is 29.3 Å². The highest BCUT2D eigenvalue weighted by atomic mass is 19.1. The Bertz CT molecular complexity index is 967. The largest absolute Gasteiger partial charge is 0.495 e. The number of hydrogen-bond donors (Lipinski definition) is 3. The van der Waals surface area contributed by atoms with E-state index in [9.17, 15) is 29.0 Å². The molecule has 0 aromatic heterocycles. The van der Waals surface area contributed by atoms with Crippen molar-refractivity contribution in [3.8, 4) is 5.75 Å². The fraction of sp³-hybridized carbons (Fsp3) is 0.583. The average Bonchev–Trinajstić information content (AvgIpc) is 2.77. The Hall–Kier alpha value is -3.09. The highest BCUT2D eigenvalue weighted by Crippen LogP contribution is 2.28. The number of carbonyl (C=O) groups is 3. The predicted molar refractivity (Wildman–Crippen MR) is 126 cm³/mol. The van der Waals surface area contributed by atoms with E-state index in [1.807, 2.05) is 0 Å². The van der Waals surface area contributed by atoms with Gasteiger partial charge in [-0.1, -0.05) is 6.07 Å². The first-order chi connectivity index (χ1) is 16.7. The number of rotatable bonds is 12. The first-order valence-electron chi connectivity index (χ1n) is 11.3. The lowest BCUT2D eigenvalue weighted by molar-refractivity contribution is -0.195. The molecule has 3 unspecified atom stereocenters. The van der Waals surface area contributed by atoms with Crippen LogP contribution in [0.25, 0.3) is 0 Å². The van der Waals surface area contributed by atoms with E-state index in [1.54, 1.807) is 27.7 Å². The van der Waals surface area contributed by atoms with Crippen LogP contribution in [0.3, 0.4) is 0 Å². The van der Waals surface area contributed by atoms with Crippen molar-refractivity contribution in [2.45, 2.75) is 83.3 Å². The number of carboxylic acid groups (broad SMARTS) is 1. The minimum atomic E-state index is -1.97. The first kappa shape index (κ1) is 29.1. The van der Waals surface area contributed by atoms with E-state index in [2.05, 4.69) is 21.8 Å². The number of nitrogens with zero attached hydrogens (tertiary/aromatic N) is 1. The van der Waals surface area contributed by atoms with Gasteiger partial charge in [-0.25, -0.2) is 9.59 Å². The molecule has 1 fully saturated rings. The van der Waals surface area contributed by atoms with Crippen LogP contribution < -0.4 is 10.1 Å². The summed E-state index contributed by atoms with van der Waals surface area (Å²) in [6.45, 7) is 10.4. The van der Waals surface area contributed by atoms with Crippen molar-refractivity contribution in [3.63, 3.8) is 0 Å². The van der Waals surface area contributed by atoms with Crippen LogP contribution in [-0.2, 0) is 25.6 Å². The summed E-state index contributed by atoms with van der Waals surface area (Å²) >= 11 is 0. The van der Waals surface area contributed by atoms with Gasteiger partial charge in [0.2, 0.25) is 6.29 Å². The van der Waals surface area contributed by atoms with Gasteiger partial charge >= 0.3 is 12.2 Å². The Morgan fingerprint density at radius 2 is 1.94 bits per heavy atom. The molecule has 36 heavy (non-hydrogen) atoms. The zero-order chi connectivity index (χ0) is 27.1. The Balaban J connectivity index is 2.22. The van der Waals surface area contributed by atoms with Crippen LogP contribution in [-0.4, -0.2) is 71.4 Å². The quantitative estimate of drug-likeness (QED) is 0.283. The molecule has 2 rings (SSSR count). The van der Waals surface area contributed by atoms with Crippen LogP contribution in [0.2, 0.25) is 0 Å². The zero-order valence-corrected chi connectivity index (χ0v) is 20.8. The van der Waals surface area contributed by atoms with Gasteiger partial charge < -0.3 is 34.5 Å². The van der Waals surface area contributed by atoms with E-state index in [4.69, 9.17) is 14.2 Å². The third-order valence-corrected chi connectivity index (χ3v) is 5.46. The second-order valence-electron chi connectivity index (χ2n) is 9.53. The summed E-state index contributed by atoms with van der Waals surface area (Å²) in [6.07, 6.45) is -5.03. The number of benzene rings is 1. The molecule has 200 valence electrons. The van der Waals surface area contributed by atoms with Gasteiger partial charge in [-0.2, -0.15) is 0 Å². The molecule has 0 radical (unpaired) electrons. The van der Waals surface area contributed by atoms with E-state index in [-0.39, 0.29) is 30.8 Å². The Labute approximate surface area is 208 Å². The summed E-state index contributed by atoms with van der Waals surface area (Å²) in [6, 6.07) is 4.20. The van der Waals surface area contributed by atoms with Crippen molar-refractivity contribution in [2.75, 3.05) is 6.61 Å². The summed E-state index contributed by atoms with van der Waals surface area (Å²) in [4.78, 5) is 39.0. The molecule has 1 aromatic rings. The van der Waals surface area contributed by atoms with Crippen LogP contribution in [0, 0.1) is 0 Å². The maximum absolute atomic E-state index is 13.2. The number of carbonyl (C=O) groups excluding carboxylic acids is 2. The van der Waals surface area contributed by atoms with Crippen molar-refractivity contribution >= 4 is 24.8 Å². The number of aliphatic hydroxyl groups excluding tert-OH is 1. The number of amides is 1. The van der Waals surface area contributed by atoms with Crippen LogP contribution in [0.1, 0.15) is 62.9 Å². The fourth-order valence-corrected chi connectivity index (χ4v) is 3.36. The van der Waals surface area contributed by atoms with Gasteiger partial charge in [0, 0.05) is 18.4 Å². The number of carboxylic acids is 1. The molecular weight excluding hydrogens is 479 g/mol. The van der Waals surface area contributed by atoms with Crippen LogP contribution in [0.4, 0.5) is 9.18 Å². The first-order valence-corrected chi connectivity index (χ1v) is 11.3.